The molecular formula is C15H32N2O. The maximum atomic E-state index is 9.89. The van der Waals surface area contributed by atoms with Gasteiger partial charge in [-0.05, 0) is 38.4 Å². The van der Waals surface area contributed by atoms with Crippen molar-refractivity contribution >= 4 is 0 Å². The Kier molecular flexibility index (Phi) is 8.64. The summed E-state index contributed by atoms with van der Waals surface area (Å²) >= 11 is 0. The van der Waals surface area contributed by atoms with Crippen LogP contribution in [0.2, 0.25) is 0 Å². The fourth-order valence-electron chi connectivity index (χ4n) is 2.93. The number of nitrogens with one attached hydrogen (secondary N) is 1. The van der Waals surface area contributed by atoms with Gasteiger partial charge in [-0.15, -0.1) is 0 Å². The van der Waals surface area contributed by atoms with Crippen molar-refractivity contribution in [2.24, 2.45) is 5.92 Å². The van der Waals surface area contributed by atoms with Gasteiger partial charge in [0.25, 0.3) is 0 Å². The number of hydrogen-bond acceptors (Lipinski definition) is 3. The Morgan fingerprint density at radius 3 is 2.50 bits per heavy atom. The summed E-state index contributed by atoms with van der Waals surface area (Å²) in [6, 6.07) is 0. The van der Waals surface area contributed by atoms with Crippen LogP contribution in [-0.4, -0.2) is 48.8 Å². The summed E-state index contributed by atoms with van der Waals surface area (Å²) in [5.74, 6) is 0.993. The molecule has 0 heterocycles. The molecule has 3 nitrogen and oxygen atoms in total. The molecule has 0 bridgehead atoms. The molecule has 1 aliphatic rings. The molecule has 1 unspecified atom stereocenters. The van der Waals surface area contributed by atoms with E-state index in [4.69, 9.17) is 0 Å². The van der Waals surface area contributed by atoms with Crippen LogP contribution in [0, 0.1) is 5.92 Å². The first-order chi connectivity index (χ1) is 8.76. The molecule has 1 rings (SSSR count). The molecule has 0 aromatic heterocycles. The second-order valence-corrected chi connectivity index (χ2v) is 5.64. The SMILES string of the molecule is CCN(CC)CC(O)CNCCCC1CCCC1. The molecule has 0 aliphatic heterocycles. The van der Waals surface area contributed by atoms with E-state index in [1.807, 2.05) is 0 Å². The molecule has 1 fully saturated rings. The molecule has 108 valence electrons. The molecule has 0 amide bonds. The lowest BCUT2D eigenvalue weighted by molar-refractivity contribution is 0.117. The van der Waals surface area contributed by atoms with Crippen LogP contribution in [-0.2, 0) is 0 Å². The maximum Gasteiger partial charge on any atom is 0.0791 e. The van der Waals surface area contributed by atoms with E-state index in [0.717, 1.165) is 38.6 Å². The van der Waals surface area contributed by atoms with Gasteiger partial charge in [0.05, 0.1) is 6.10 Å². The Balaban J connectivity index is 1.92. The predicted octanol–water partition coefficient (Wildman–Crippen LogP) is 2.25. The van der Waals surface area contributed by atoms with Gasteiger partial charge in [0.2, 0.25) is 0 Å². The summed E-state index contributed by atoms with van der Waals surface area (Å²) in [6.45, 7) is 8.93. The van der Waals surface area contributed by atoms with Crippen molar-refractivity contribution < 1.29 is 5.11 Å². The van der Waals surface area contributed by atoms with Gasteiger partial charge in [-0.25, -0.2) is 0 Å². The number of rotatable bonds is 10. The van der Waals surface area contributed by atoms with Gasteiger partial charge >= 0.3 is 0 Å². The summed E-state index contributed by atoms with van der Waals surface area (Å²) in [4.78, 5) is 2.27. The molecule has 2 N–H and O–H groups in total. The molecule has 1 atom stereocenters. The standard InChI is InChI=1S/C15H32N2O/c1-3-17(4-2)13-15(18)12-16-11-7-10-14-8-5-6-9-14/h14-16,18H,3-13H2,1-2H3. The first kappa shape index (κ1) is 15.9. The minimum atomic E-state index is -0.226. The molecule has 3 heteroatoms. The van der Waals surface area contributed by atoms with Crippen LogP contribution in [0.4, 0.5) is 0 Å². The lowest BCUT2D eigenvalue weighted by Gasteiger charge is -2.22. The lowest BCUT2D eigenvalue weighted by Crippen LogP contribution is -2.38. The first-order valence-electron chi connectivity index (χ1n) is 7.87. The van der Waals surface area contributed by atoms with Crippen LogP contribution in [0.5, 0.6) is 0 Å². The summed E-state index contributed by atoms with van der Waals surface area (Å²) in [5, 5.41) is 13.3. The van der Waals surface area contributed by atoms with Crippen LogP contribution in [0.25, 0.3) is 0 Å². The van der Waals surface area contributed by atoms with Gasteiger partial charge in [0.1, 0.15) is 0 Å². The van der Waals surface area contributed by atoms with Gasteiger partial charge in [0, 0.05) is 13.1 Å². The third kappa shape index (κ3) is 6.72. The second-order valence-electron chi connectivity index (χ2n) is 5.64. The highest BCUT2D eigenvalue weighted by Crippen LogP contribution is 2.28. The predicted molar refractivity (Wildman–Crippen MR) is 77.9 cm³/mol. The van der Waals surface area contributed by atoms with Gasteiger partial charge < -0.3 is 15.3 Å². The van der Waals surface area contributed by atoms with Crippen LogP contribution in [0.3, 0.4) is 0 Å². The highest BCUT2D eigenvalue weighted by Gasteiger charge is 2.14. The number of aliphatic hydroxyl groups is 1. The summed E-state index contributed by atoms with van der Waals surface area (Å²) in [6.07, 6.45) is 8.20. The van der Waals surface area contributed by atoms with Crippen LogP contribution >= 0.6 is 0 Å². The Labute approximate surface area is 113 Å². The van der Waals surface area contributed by atoms with E-state index >= 15 is 0 Å². The minimum absolute atomic E-state index is 0.226. The monoisotopic (exact) mass is 256 g/mol. The third-order valence-corrected chi connectivity index (χ3v) is 4.18. The van der Waals surface area contributed by atoms with E-state index in [-0.39, 0.29) is 6.10 Å². The third-order valence-electron chi connectivity index (χ3n) is 4.18. The van der Waals surface area contributed by atoms with Crippen molar-refractivity contribution in [1.82, 2.24) is 10.2 Å². The molecule has 0 aromatic rings. The number of aliphatic hydroxyl groups excluding tert-OH is 1. The van der Waals surface area contributed by atoms with Gasteiger partial charge in [-0.1, -0.05) is 39.5 Å². The molecule has 0 saturated heterocycles. The Hall–Kier alpha value is -0.120. The second kappa shape index (κ2) is 9.76. The van der Waals surface area contributed by atoms with Gasteiger partial charge in [-0.3, -0.25) is 0 Å². The molecular weight excluding hydrogens is 224 g/mol. The van der Waals surface area contributed by atoms with E-state index < -0.39 is 0 Å². The van der Waals surface area contributed by atoms with Crippen molar-refractivity contribution in [3.8, 4) is 0 Å². The normalized spacial score (nSPS) is 18.7. The average Bonchev–Trinajstić information content (AvgIpc) is 2.88. The fraction of sp³-hybridized carbons (Fsp3) is 1.00. The van der Waals surface area contributed by atoms with Crippen LogP contribution in [0.1, 0.15) is 52.4 Å². The zero-order valence-electron chi connectivity index (χ0n) is 12.3. The van der Waals surface area contributed by atoms with Crippen molar-refractivity contribution in [2.75, 3.05) is 32.7 Å². The fourth-order valence-corrected chi connectivity index (χ4v) is 2.93. The van der Waals surface area contributed by atoms with Crippen molar-refractivity contribution in [3.05, 3.63) is 0 Å². The van der Waals surface area contributed by atoms with Crippen LogP contribution < -0.4 is 5.32 Å². The summed E-state index contributed by atoms with van der Waals surface area (Å²) < 4.78 is 0. The Bertz CT molecular complexity index is 189. The van der Waals surface area contributed by atoms with E-state index in [1.165, 1.54) is 38.5 Å². The maximum absolute atomic E-state index is 9.89. The Morgan fingerprint density at radius 2 is 1.89 bits per heavy atom. The van der Waals surface area contributed by atoms with Crippen LogP contribution in [0.15, 0.2) is 0 Å². The van der Waals surface area contributed by atoms with E-state index in [0.29, 0.717) is 0 Å². The quantitative estimate of drug-likeness (QED) is 0.589. The highest BCUT2D eigenvalue weighted by molar-refractivity contribution is 4.69. The number of nitrogens with zero attached hydrogens (tertiary/aromatic N) is 1. The number of hydrogen-bond donors (Lipinski definition) is 2. The molecule has 0 spiro atoms. The lowest BCUT2D eigenvalue weighted by atomic mass is 10.0. The molecule has 0 radical (unpaired) electrons. The van der Waals surface area contributed by atoms with Crippen molar-refractivity contribution in [2.45, 2.75) is 58.5 Å². The molecule has 18 heavy (non-hydrogen) atoms. The summed E-state index contributed by atoms with van der Waals surface area (Å²) in [5.41, 5.74) is 0. The first-order valence-corrected chi connectivity index (χ1v) is 7.87. The molecule has 1 aliphatic carbocycles. The number of likely N-dealkylation sites (N-methyl/N-ethyl adjacent to an activating group) is 1. The van der Waals surface area contributed by atoms with E-state index in [2.05, 4.69) is 24.1 Å². The highest BCUT2D eigenvalue weighted by atomic mass is 16.3. The zero-order valence-corrected chi connectivity index (χ0v) is 12.3. The summed E-state index contributed by atoms with van der Waals surface area (Å²) in [7, 11) is 0. The van der Waals surface area contributed by atoms with Gasteiger partial charge in [-0.2, -0.15) is 0 Å². The van der Waals surface area contributed by atoms with Crippen molar-refractivity contribution in [3.63, 3.8) is 0 Å². The molecule has 1 saturated carbocycles. The topological polar surface area (TPSA) is 35.5 Å². The Morgan fingerprint density at radius 1 is 1.22 bits per heavy atom. The van der Waals surface area contributed by atoms with Crippen molar-refractivity contribution in [1.29, 1.82) is 0 Å². The smallest absolute Gasteiger partial charge is 0.0791 e. The largest absolute Gasteiger partial charge is 0.390 e. The zero-order chi connectivity index (χ0) is 13.2. The van der Waals surface area contributed by atoms with E-state index in [1.54, 1.807) is 0 Å². The molecule has 0 aromatic carbocycles. The van der Waals surface area contributed by atoms with E-state index in [9.17, 15) is 5.11 Å². The average molecular weight is 256 g/mol. The van der Waals surface area contributed by atoms with Gasteiger partial charge in [0.15, 0.2) is 0 Å². The minimum Gasteiger partial charge on any atom is -0.390 e.